The molecule has 10 nitrogen and oxygen atoms in total. The van der Waals surface area contributed by atoms with Crippen LogP contribution < -0.4 is 10.0 Å². The van der Waals surface area contributed by atoms with Gasteiger partial charge in [-0.15, -0.1) is 0 Å². The van der Waals surface area contributed by atoms with Crippen molar-refractivity contribution in [2.75, 3.05) is 18.5 Å². The molecule has 1 amide bonds. The number of sulfonamides is 1. The quantitative estimate of drug-likeness (QED) is 0.346. The van der Waals surface area contributed by atoms with E-state index >= 15 is 0 Å². The van der Waals surface area contributed by atoms with Crippen LogP contribution in [0.3, 0.4) is 0 Å². The number of nitro benzene ring substituents is 1. The summed E-state index contributed by atoms with van der Waals surface area (Å²) < 4.78 is 43.8. The van der Waals surface area contributed by atoms with Gasteiger partial charge in [0.15, 0.2) is 6.61 Å². The third-order valence-electron chi connectivity index (χ3n) is 3.46. The van der Waals surface area contributed by atoms with Gasteiger partial charge in [0, 0.05) is 17.5 Å². The molecular formula is C18H16FN3O7S. The zero-order chi connectivity index (χ0) is 22.1. The monoisotopic (exact) mass is 437 g/mol. The van der Waals surface area contributed by atoms with Crippen molar-refractivity contribution in [3.63, 3.8) is 0 Å². The Labute approximate surface area is 170 Å². The number of ether oxygens (including phenoxy) is 1. The summed E-state index contributed by atoms with van der Waals surface area (Å²) in [7, 11) is -3.93. The van der Waals surface area contributed by atoms with Gasteiger partial charge in [-0.25, -0.2) is 17.5 Å². The van der Waals surface area contributed by atoms with Crippen molar-refractivity contribution >= 4 is 39.4 Å². The van der Waals surface area contributed by atoms with Gasteiger partial charge in [0.05, 0.1) is 10.6 Å². The number of carbonyl (C=O) groups is 2. The topological polar surface area (TPSA) is 145 Å². The molecule has 0 atom stereocenters. The number of non-ortho nitro benzene ring substituents is 1. The van der Waals surface area contributed by atoms with Crippen LogP contribution in [-0.2, 0) is 24.3 Å². The fraction of sp³-hybridized carbons (Fsp3) is 0.111. The first kappa shape index (κ1) is 22.6. The first-order chi connectivity index (χ1) is 14.2. The van der Waals surface area contributed by atoms with Gasteiger partial charge in [0.1, 0.15) is 12.4 Å². The van der Waals surface area contributed by atoms with Crippen molar-refractivity contribution in [3.05, 3.63) is 75.4 Å². The van der Waals surface area contributed by atoms with E-state index < -0.39 is 57.2 Å². The van der Waals surface area contributed by atoms with Crippen LogP contribution in [0.25, 0.3) is 6.08 Å². The van der Waals surface area contributed by atoms with Crippen LogP contribution in [0, 0.1) is 15.9 Å². The largest absolute Gasteiger partial charge is 0.455 e. The number of carbonyl (C=O) groups excluding carboxylic acids is 2. The summed E-state index contributed by atoms with van der Waals surface area (Å²) in [5.41, 5.74) is -0.269. The summed E-state index contributed by atoms with van der Waals surface area (Å²) in [6.07, 6.45) is 1.33. The molecule has 0 saturated heterocycles. The number of nitro groups is 1. The first-order valence-electron chi connectivity index (χ1n) is 8.28. The molecule has 0 spiro atoms. The zero-order valence-corrected chi connectivity index (χ0v) is 16.1. The van der Waals surface area contributed by atoms with Crippen molar-refractivity contribution in [2.24, 2.45) is 0 Å². The number of benzene rings is 2. The van der Waals surface area contributed by atoms with Crippen LogP contribution in [0.5, 0.6) is 0 Å². The lowest BCUT2D eigenvalue weighted by atomic mass is 10.2. The second-order valence-corrected chi connectivity index (χ2v) is 7.36. The molecule has 2 aromatic rings. The second kappa shape index (κ2) is 10.2. The van der Waals surface area contributed by atoms with Gasteiger partial charge in [-0.2, -0.15) is 0 Å². The molecule has 0 aliphatic heterocycles. The van der Waals surface area contributed by atoms with E-state index in [4.69, 9.17) is 0 Å². The highest BCUT2D eigenvalue weighted by molar-refractivity contribution is 7.92. The maximum Gasteiger partial charge on any atom is 0.321 e. The molecule has 0 heterocycles. The predicted octanol–water partition coefficient (Wildman–Crippen LogP) is 1.81. The second-order valence-electron chi connectivity index (χ2n) is 5.71. The lowest BCUT2D eigenvalue weighted by Crippen LogP contribution is -2.31. The van der Waals surface area contributed by atoms with E-state index in [9.17, 15) is 32.5 Å². The first-order valence-corrected chi connectivity index (χ1v) is 9.83. The van der Waals surface area contributed by atoms with Gasteiger partial charge in [-0.1, -0.05) is 30.3 Å². The SMILES string of the molecule is O=C(COC(=O)CNS(=O)(=O)/C=C/c1ccccc1)Nc1cc([N+](=O)[O-])ccc1F. The molecule has 2 aromatic carbocycles. The van der Waals surface area contributed by atoms with Crippen LogP contribution in [0.2, 0.25) is 0 Å². The fourth-order valence-corrected chi connectivity index (χ4v) is 2.80. The predicted molar refractivity (Wildman–Crippen MR) is 105 cm³/mol. The number of anilines is 1. The molecule has 0 unspecified atom stereocenters. The highest BCUT2D eigenvalue weighted by Crippen LogP contribution is 2.21. The molecule has 30 heavy (non-hydrogen) atoms. The molecule has 12 heteroatoms. The van der Waals surface area contributed by atoms with E-state index in [1.54, 1.807) is 30.3 Å². The molecule has 0 fully saturated rings. The molecule has 158 valence electrons. The van der Waals surface area contributed by atoms with Gasteiger partial charge in [0.25, 0.3) is 11.6 Å². The molecule has 0 bridgehead atoms. The minimum atomic E-state index is -3.93. The number of rotatable bonds is 9. The summed E-state index contributed by atoms with van der Waals surface area (Å²) in [4.78, 5) is 33.3. The summed E-state index contributed by atoms with van der Waals surface area (Å²) in [6.45, 7) is -1.58. The lowest BCUT2D eigenvalue weighted by Gasteiger charge is -2.08. The molecule has 0 aromatic heterocycles. The van der Waals surface area contributed by atoms with Crippen LogP contribution in [0.1, 0.15) is 5.56 Å². The minimum absolute atomic E-state index is 0.443. The van der Waals surface area contributed by atoms with Crippen molar-refractivity contribution in [2.45, 2.75) is 0 Å². The van der Waals surface area contributed by atoms with E-state index in [0.29, 0.717) is 5.56 Å². The Bertz CT molecular complexity index is 1070. The van der Waals surface area contributed by atoms with E-state index in [1.165, 1.54) is 6.08 Å². The molecule has 2 rings (SSSR count). The molecule has 0 aliphatic rings. The Morgan fingerprint density at radius 3 is 2.53 bits per heavy atom. The zero-order valence-electron chi connectivity index (χ0n) is 15.3. The average Bonchev–Trinajstić information content (AvgIpc) is 2.71. The Hall–Kier alpha value is -3.64. The standard InChI is InChI=1S/C18H16FN3O7S/c19-15-7-6-14(22(25)26)10-16(15)21-17(23)12-29-18(24)11-20-30(27,28)9-8-13-4-2-1-3-5-13/h1-10,20H,11-12H2,(H,21,23)/b9-8+. The van der Waals surface area contributed by atoms with Gasteiger partial charge in [-0.05, 0) is 17.7 Å². The van der Waals surface area contributed by atoms with E-state index in [2.05, 4.69) is 4.74 Å². The smallest absolute Gasteiger partial charge is 0.321 e. The van der Waals surface area contributed by atoms with Crippen molar-refractivity contribution in [1.82, 2.24) is 4.72 Å². The number of nitrogens with zero attached hydrogens (tertiary/aromatic N) is 1. The van der Waals surface area contributed by atoms with Crippen molar-refractivity contribution in [1.29, 1.82) is 0 Å². The summed E-state index contributed by atoms with van der Waals surface area (Å²) in [6, 6.07) is 11.1. The normalized spacial score (nSPS) is 11.2. The van der Waals surface area contributed by atoms with Crippen LogP contribution in [-0.4, -0.2) is 38.4 Å². The Balaban J connectivity index is 1.81. The summed E-state index contributed by atoms with van der Waals surface area (Å²) >= 11 is 0. The molecular weight excluding hydrogens is 421 g/mol. The molecule has 2 N–H and O–H groups in total. The van der Waals surface area contributed by atoms with E-state index in [1.807, 2.05) is 10.0 Å². The molecule has 0 aliphatic carbocycles. The maximum atomic E-state index is 13.6. The molecule has 0 radical (unpaired) electrons. The maximum absolute atomic E-state index is 13.6. The fourth-order valence-electron chi connectivity index (χ4n) is 2.05. The summed E-state index contributed by atoms with van der Waals surface area (Å²) in [5, 5.41) is 13.6. The third kappa shape index (κ3) is 7.41. The Morgan fingerprint density at radius 2 is 1.87 bits per heavy atom. The Kier molecular flexibility index (Phi) is 7.72. The van der Waals surface area contributed by atoms with Crippen LogP contribution in [0.15, 0.2) is 53.9 Å². The van der Waals surface area contributed by atoms with Gasteiger partial charge >= 0.3 is 5.97 Å². The van der Waals surface area contributed by atoms with Crippen molar-refractivity contribution in [3.8, 4) is 0 Å². The van der Waals surface area contributed by atoms with Gasteiger partial charge in [0.2, 0.25) is 10.0 Å². The Morgan fingerprint density at radius 1 is 1.17 bits per heavy atom. The summed E-state index contributed by atoms with van der Waals surface area (Å²) in [5.74, 6) is -2.94. The lowest BCUT2D eigenvalue weighted by molar-refractivity contribution is -0.384. The van der Waals surface area contributed by atoms with E-state index in [-0.39, 0.29) is 0 Å². The number of amides is 1. The number of halogens is 1. The van der Waals surface area contributed by atoms with E-state index in [0.717, 1.165) is 23.6 Å². The molecule has 0 saturated carbocycles. The number of hydrogen-bond donors (Lipinski definition) is 2. The number of nitrogens with one attached hydrogen (secondary N) is 2. The minimum Gasteiger partial charge on any atom is -0.455 e. The highest BCUT2D eigenvalue weighted by Gasteiger charge is 2.15. The number of esters is 1. The van der Waals surface area contributed by atoms with Crippen molar-refractivity contribution < 1.29 is 32.1 Å². The van der Waals surface area contributed by atoms with Gasteiger partial charge in [-0.3, -0.25) is 19.7 Å². The van der Waals surface area contributed by atoms with Gasteiger partial charge < -0.3 is 10.1 Å². The number of hydrogen-bond acceptors (Lipinski definition) is 7. The third-order valence-corrected chi connectivity index (χ3v) is 4.50. The van der Waals surface area contributed by atoms with Crippen LogP contribution in [0.4, 0.5) is 15.8 Å². The van der Waals surface area contributed by atoms with Crippen LogP contribution >= 0.6 is 0 Å². The average molecular weight is 437 g/mol. The highest BCUT2D eigenvalue weighted by atomic mass is 32.2.